The van der Waals surface area contributed by atoms with E-state index < -0.39 is 0 Å². The lowest BCUT2D eigenvalue weighted by atomic mass is 10.1. The van der Waals surface area contributed by atoms with Gasteiger partial charge < -0.3 is 5.73 Å². The number of nitrogens with two attached hydrogens (primary N) is 1. The molecular formula is C12H26N2. The molecular weight excluding hydrogens is 172 g/mol. The van der Waals surface area contributed by atoms with Gasteiger partial charge in [-0.2, -0.15) is 0 Å². The molecule has 1 rings (SSSR count). The number of nitrogens with zero attached hydrogens (tertiary/aromatic N) is 1. The smallest absolute Gasteiger partial charge is 0.00993 e. The van der Waals surface area contributed by atoms with Crippen LogP contribution in [-0.4, -0.2) is 30.1 Å². The molecule has 0 amide bonds. The standard InChI is InChI=1S/C12H26N2/c1-10(2)9-14(12-6-7-12)11(3)5-4-8-13/h10-12H,4-9,13H2,1-3H3. The third kappa shape index (κ3) is 3.97. The van der Waals surface area contributed by atoms with Gasteiger partial charge in [0.1, 0.15) is 0 Å². The summed E-state index contributed by atoms with van der Waals surface area (Å²) in [6.07, 6.45) is 5.27. The maximum absolute atomic E-state index is 5.55. The van der Waals surface area contributed by atoms with Crippen molar-refractivity contribution in [3.05, 3.63) is 0 Å². The molecule has 2 nitrogen and oxygen atoms in total. The van der Waals surface area contributed by atoms with Gasteiger partial charge in [0.15, 0.2) is 0 Å². The van der Waals surface area contributed by atoms with Gasteiger partial charge >= 0.3 is 0 Å². The van der Waals surface area contributed by atoms with Gasteiger partial charge in [0.2, 0.25) is 0 Å². The van der Waals surface area contributed by atoms with Crippen LogP contribution in [0, 0.1) is 5.92 Å². The highest BCUT2D eigenvalue weighted by molar-refractivity contribution is 4.87. The molecule has 1 fully saturated rings. The van der Waals surface area contributed by atoms with Gasteiger partial charge in [-0.05, 0) is 45.1 Å². The Morgan fingerprint density at radius 1 is 1.29 bits per heavy atom. The lowest BCUT2D eigenvalue weighted by molar-refractivity contribution is 0.167. The first-order chi connectivity index (χ1) is 6.65. The fourth-order valence-corrected chi connectivity index (χ4v) is 2.10. The van der Waals surface area contributed by atoms with Crippen LogP contribution in [0.2, 0.25) is 0 Å². The highest BCUT2D eigenvalue weighted by Gasteiger charge is 2.31. The molecule has 1 unspecified atom stereocenters. The molecule has 1 aliphatic carbocycles. The minimum atomic E-state index is 0.730. The van der Waals surface area contributed by atoms with Gasteiger partial charge in [-0.15, -0.1) is 0 Å². The second-order valence-electron chi connectivity index (χ2n) is 5.10. The van der Waals surface area contributed by atoms with Crippen molar-refractivity contribution in [1.82, 2.24) is 4.90 Å². The summed E-state index contributed by atoms with van der Waals surface area (Å²) in [5, 5.41) is 0. The fourth-order valence-electron chi connectivity index (χ4n) is 2.10. The highest BCUT2D eigenvalue weighted by Crippen LogP contribution is 2.30. The molecule has 0 spiro atoms. The first-order valence-electron chi connectivity index (χ1n) is 6.11. The van der Waals surface area contributed by atoms with Crippen molar-refractivity contribution >= 4 is 0 Å². The van der Waals surface area contributed by atoms with Crippen molar-refractivity contribution in [2.45, 2.75) is 58.5 Å². The second-order valence-corrected chi connectivity index (χ2v) is 5.10. The van der Waals surface area contributed by atoms with Gasteiger partial charge in [-0.25, -0.2) is 0 Å². The Hall–Kier alpha value is -0.0800. The van der Waals surface area contributed by atoms with Crippen molar-refractivity contribution < 1.29 is 0 Å². The molecule has 0 heterocycles. The molecule has 0 aliphatic heterocycles. The summed E-state index contributed by atoms with van der Waals surface area (Å²) in [6.45, 7) is 9.08. The average Bonchev–Trinajstić information content (AvgIpc) is 2.93. The molecule has 0 saturated heterocycles. The zero-order valence-electron chi connectivity index (χ0n) is 10.00. The maximum atomic E-state index is 5.55. The Balaban J connectivity index is 2.32. The SMILES string of the molecule is CC(C)CN(C(C)CCCN)C1CC1. The van der Waals surface area contributed by atoms with E-state index >= 15 is 0 Å². The maximum Gasteiger partial charge on any atom is 0.00993 e. The Labute approximate surface area is 88.8 Å². The van der Waals surface area contributed by atoms with Crippen LogP contribution < -0.4 is 5.73 Å². The predicted molar refractivity (Wildman–Crippen MR) is 62.3 cm³/mol. The summed E-state index contributed by atoms with van der Waals surface area (Å²) >= 11 is 0. The monoisotopic (exact) mass is 198 g/mol. The Morgan fingerprint density at radius 3 is 2.36 bits per heavy atom. The van der Waals surface area contributed by atoms with Crippen molar-refractivity contribution in [1.29, 1.82) is 0 Å². The molecule has 0 radical (unpaired) electrons. The summed E-state index contributed by atoms with van der Waals surface area (Å²) in [4.78, 5) is 2.69. The van der Waals surface area contributed by atoms with Crippen LogP contribution >= 0.6 is 0 Å². The fraction of sp³-hybridized carbons (Fsp3) is 1.00. The quantitative estimate of drug-likeness (QED) is 0.680. The molecule has 2 N–H and O–H groups in total. The molecule has 0 bridgehead atoms. The van der Waals surface area contributed by atoms with E-state index in [2.05, 4.69) is 25.7 Å². The van der Waals surface area contributed by atoms with Gasteiger partial charge in [0, 0.05) is 18.6 Å². The van der Waals surface area contributed by atoms with E-state index in [1.807, 2.05) is 0 Å². The summed E-state index contributed by atoms with van der Waals surface area (Å²) in [5.74, 6) is 0.788. The van der Waals surface area contributed by atoms with Gasteiger partial charge in [-0.3, -0.25) is 4.90 Å². The molecule has 1 saturated carbocycles. The van der Waals surface area contributed by atoms with Crippen LogP contribution in [0.1, 0.15) is 46.5 Å². The van der Waals surface area contributed by atoms with Crippen LogP contribution in [-0.2, 0) is 0 Å². The van der Waals surface area contributed by atoms with Crippen molar-refractivity contribution in [2.24, 2.45) is 11.7 Å². The van der Waals surface area contributed by atoms with Gasteiger partial charge in [0.05, 0.1) is 0 Å². The first kappa shape index (κ1) is 12.0. The van der Waals surface area contributed by atoms with E-state index in [0.29, 0.717) is 0 Å². The van der Waals surface area contributed by atoms with Crippen LogP contribution in [0.3, 0.4) is 0 Å². The summed E-state index contributed by atoms with van der Waals surface area (Å²) in [5.41, 5.74) is 5.55. The third-order valence-electron chi connectivity index (χ3n) is 2.98. The summed E-state index contributed by atoms with van der Waals surface area (Å²) in [6, 6.07) is 1.62. The van der Waals surface area contributed by atoms with Crippen molar-refractivity contribution in [3.8, 4) is 0 Å². The second kappa shape index (κ2) is 5.72. The number of hydrogen-bond acceptors (Lipinski definition) is 2. The first-order valence-corrected chi connectivity index (χ1v) is 6.11. The van der Waals surface area contributed by atoms with E-state index in [0.717, 1.165) is 24.5 Å². The van der Waals surface area contributed by atoms with E-state index in [1.54, 1.807) is 0 Å². The molecule has 2 heteroatoms. The van der Waals surface area contributed by atoms with Crippen molar-refractivity contribution in [2.75, 3.05) is 13.1 Å². The van der Waals surface area contributed by atoms with Crippen molar-refractivity contribution in [3.63, 3.8) is 0 Å². The summed E-state index contributed by atoms with van der Waals surface area (Å²) < 4.78 is 0. The zero-order valence-corrected chi connectivity index (χ0v) is 10.00. The number of hydrogen-bond donors (Lipinski definition) is 1. The lowest BCUT2D eigenvalue weighted by Crippen LogP contribution is -2.38. The van der Waals surface area contributed by atoms with E-state index in [1.165, 1.54) is 32.2 Å². The van der Waals surface area contributed by atoms with Gasteiger partial charge in [0.25, 0.3) is 0 Å². The van der Waals surface area contributed by atoms with E-state index in [-0.39, 0.29) is 0 Å². The Kier molecular flexibility index (Phi) is 4.90. The largest absolute Gasteiger partial charge is 0.330 e. The average molecular weight is 198 g/mol. The predicted octanol–water partition coefficient (Wildman–Crippen LogP) is 2.23. The molecule has 1 atom stereocenters. The van der Waals surface area contributed by atoms with Gasteiger partial charge in [-0.1, -0.05) is 13.8 Å². The lowest BCUT2D eigenvalue weighted by Gasteiger charge is -2.30. The van der Waals surface area contributed by atoms with Crippen LogP contribution in [0.5, 0.6) is 0 Å². The topological polar surface area (TPSA) is 29.3 Å². The van der Waals surface area contributed by atoms with E-state index in [9.17, 15) is 0 Å². The zero-order chi connectivity index (χ0) is 10.6. The molecule has 0 aromatic heterocycles. The summed E-state index contributed by atoms with van der Waals surface area (Å²) in [7, 11) is 0. The molecule has 14 heavy (non-hydrogen) atoms. The highest BCUT2D eigenvalue weighted by atomic mass is 15.2. The van der Waals surface area contributed by atoms with Crippen LogP contribution in [0.15, 0.2) is 0 Å². The van der Waals surface area contributed by atoms with Crippen LogP contribution in [0.25, 0.3) is 0 Å². The number of rotatable bonds is 7. The molecule has 1 aliphatic rings. The molecule has 0 aromatic carbocycles. The van der Waals surface area contributed by atoms with E-state index in [4.69, 9.17) is 5.73 Å². The normalized spacial score (nSPS) is 19.3. The minimum Gasteiger partial charge on any atom is -0.330 e. The minimum absolute atomic E-state index is 0.730. The third-order valence-corrected chi connectivity index (χ3v) is 2.98. The Bertz CT molecular complexity index is 152. The molecule has 0 aromatic rings. The molecule has 84 valence electrons. The Morgan fingerprint density at radius 2 is 1.93 bits per heavy atom. The van der Waals surface area contributed by atoms with Crippen LogP contribution in [0.4, 0.5) is 0 Å².